The largest absolute Gasteiger partial charge is 0.490 e. The summed E-state index contributed by atoms with van der Waals surface area (Å²) in [5, 5.41) is 10.5. The molecule has 0 heterocycles. The van der Waals surface area contributed by atoms with Crippen molar-refractivity contribution in [3.05, 3.63) is 26.7 Å². The van der Waals surface area contributed by atoms with E-state index in [0.29, 0.717) is 16.8 Å². The molecule has 0 fully saturated rings. The van der Waals surface area contributed by atoms with E-state index < -0.39 is 4.92 Å². The zero-order valence-electron chi connectivity index (χ0n) is 7.49. The van der Waals surface area contributed by atoms with Gasteiger partial charge in [-0.2, -0.15) is 0 Å². The minimum atomic E-state index is -0.537. The van der Waals surface area contributed by atoms with Crippen LogP contribution in [0.15, 0.2) is 16.6 Å². The molecule has 76 valence electrons. The molecular formula is C8H9BrN2O3. The minimum Gasteiger partial charge on any atom is -0.490 e. The predicted octanol–water partition coefficient (Wildman–Crippen LogP) is 2.34. The fourth-order valence-corrected chi connectivity index (χ4v) is 1.47. The van der Waals surface area contributed by atoms with Crippen molar-refractivity contribution in [2.75, 3.05) is 12.3 Å². The Morgan fingerprint density at radius 3 is 2.79 bits per heavy atom. The maximum absolute atomic E-state index is 10.5. The molecule has 1 aromatic carbocycles. The summed E-state index contributed by atoms with van der Waals surface area (Å²) in [6.45, 7) is 2.19. The molecule has 0 bridgehead atoms. The van der Waals surface area contributed by atoms with Gasteiger partial charge in [-0.15, -0.1) is 0 Å². The number of nitrogen functional groups attached to an aromatic ring is 1. The van der Waals surface area contributed by atoms with Crippen LogP contribution in [0.25, 0.3) is 0 Å². The number of hydrogen-bond acceptors (Lipinski definition) is 4. The first-order valence-electron chi connectivity index (χ1n) is 3.93. The maximum atomic E-state index is 10.5. The van der Waals surface area contributed by atoms with Gasteiger partial charge in [-0.1, -0.05) is 0 Å². The van der Waals surface area contributed by atoms with Crippen LogP contribution in [0.5, 0.6) is 5.75 Å². The molecule has 1 aromatic rings. The van der Waals surface area contributed by atoms with Gasteiger partial charge in [-0.25, -0.2) is 0 Å². The quantitative estimate of drug-likeness (QED) is 0.514. The molecular weight excluding hydrogens is 252 g/mol. The van der Waals surface area contributed by atoms with Gasteiger partial charge in [0.25, 0.3) is 5.69 Å². The van der Waals surface area contributed by atoms with E-state index in [1.54, 1.807) is 13.0 Å². The average Bonchev–Trinajstić information content (AvgIpc) is 2.11. The number of nitro benzene ring substituents is 1. The van der Waals surface area contributed by atoms with Crippen LogP contribution in [0.1, 0.15) is 6.92 Å². The molecule has 0 atom stereocenters. The van der Waals surface area contributed by atoms with Crippen LogP contribution < -0.4 is 10.5 Å². The van der Waals surface area contributed by atoms with E-state index in [-0.39, 0.29) is 11.4 Å². The Balaban J connectivity index is 3.26. The monoisotopic (exact) mass is 260 g/mol. The first-order chi connectivity index (χ1) is 6.57. The van der Waals surface area contributed by atoms with Gasteiger partial charge >= 0.3 is 0 Å². The van der Waals surface area contributed by atoms with Gasteiger partial charge in [-0.05, 0) is 28.9 Å². The number of rotatable bonds is 3. The molecule has 5 nitrogen and oxygen atoms in total. The Labute approximate surface area is 89.1 Å². The van der Waals surface area contributed by atoms with Crippen LogP contribution in [-0.2, 0) is 0 Å². The van der Waals surface area contributed by atoms with Crippen molar-refractivity contribution < 1.29 is 9.66 Å². The van der Waals surface area contributed by atoms with Gasteiger partial charge in [0.2, 0.25) is 0 Å². The van der Waals surface area contributed by atoms with Crippen LogP contribution in [0.3, 0.4) is 0 Å². The van der Waals surface area contributed by atoms with E-state index in [1.807, 2.05) is 0 Å². The normalized spacial score (nSPS) is 9.86. The number of anilines is 1. The summed E-state index contributed by atoms with van der Waals surface area (Å²) in [6.07, 6.45) is 0. The van der Waals surface area contributed by atoms with Crippen LogP contribution in [0, 0.1) is 10.1 Å². The fourth-order valence-electron chi connectivity index (χ4n) is 1.01. The number of nitrogens with two attached hydrogens (primary N) is 1. The molecule has 0 aliphatic carbocycles. The zero-order chi connectivity index (χ0) is 10.7. The third-order valence-electron chi connectivity index (χ3n) is 1.61. The van der Waals surface area contributed by atoms with Crippen molar-refractivity contribution in [1.82, 2.24) is 0 Å². The van der Waals surface area contributed by atoms with Gasteiger partial charge in [0.15, 0.2) is 11.4 Å². The molecule has 0 aliphatic heterocycles. The topological polar surface area (TPSA) is 78.4 Å². The third kappa shape index (κ3) is 1.95. The van der Waals surface area contributed by atoms with Gasteiger partial charge in [0.05, 0.1) is 16.0 Å². The van der Waals surface area contributed by atoms with Crippen LogP contribution in [0.4, 0.5) is 11.4 Å². The standard InChI is InChI=1S/C8H9BrN2O3/c1-2-14-8-5(9)3-4-6(7(8)10)11(12)13/h3-4H,2,10H2,1H3. The molecule has 0 saturated carbocycles. The van der Waals surface area contributed by atoms with Gasteiger partial charge in [0.1, 0.15) is 0 Å². The van der Waals surface area contributed by atoms with Gasteiger partial charge < -0.3 is 10.5 Å². The summed E-state index contributed by atoms with van der Waals surface area (Å²) < 4.78 is 5.80. The lowest BCUT2D eigenvalue weighted by Crippen LogP contribution is -2.01. The predicted molar refractivity (Wildman–Crippen MR) is 56.4 cm³/mol. The Morgan fingerprint density at radius 2 is 2.29 bits per heavy atom. The molecule has 0 amide bonds. The number of nitrogens with zero attached hydrogens (tertiary/aromatic N) is 1. The molecule has 14 heavy (non-hydrogen) atoms. The van der Waals surface area contributed by atoms with E-state index in [9.17, 15) is 10.1 Å². The van der Waals surface area contributed by atoms with E-state index in [0.717, 1.165) is 0 Å². The van der Waals surface area contributed by atoms with Crippen molar-refractivity contribution >= 4 is 27.3 Å². The summed E-state index contributed by atoms with van der Waals surface area (Å²) in [6, 6.07) is 2.88. The second-order valence-electron chi connectivity index (χ2n) is 2.50. The summed E-state index contributed by atoms with van der Waals surface area (Å²) >= 11 is 3.20. The van der Waals surface area contributed by atoms with Crippen molar-refractivity contribution in [3.8, 4) is 5.75 Å². The second kappa shape index (κ2) is 4.28. The molecule has 0 spiro atoms. The lowest BCUT2D eigenvalue weighted by molar-refractivity contribution is -0.384. The third-order valence-corrected chi connectivity index (χ3v) is 2.23. The smallest absolute Gasteiger partial charge is 0.296 e. The fraction of sp³-hybridized carbons (Fsp3) is 0.250. The highest BCUT2D eigenvalue weighted by atomic mass is 79.9. The first-order valence-corrected chi connectivity index (χ1v) is 4.72. The molecule has 0 saturated heterocycles. The Kier molecular flexibility index (Phi) is 3.29. The number of nitro groups is 1. The summed E-state index contributed by atoms with van der Waals surface area (Å²) in [7, 11) is 0. The van der Waals surface area contributed by atoms with Crippen molar-refractivity contribution in [1.29, 1.82) is 0 Å². The molecule has 0 radical (unpaired) electrons. The molecule has 6 heteroatoms. The highest BCUT2D eigenvalue weighted by Crippen LogP contribution is 2.37. The molecule has 0 aliphatic rings. The summed E-state index contributed by atoms with van der Waals surface area (Å²) in [5.74, 6) is 0.321. The van der Waals surface area contributed by atoms with Crippen molar-refractivity contribution in [2.45, 2.75) is 6.92 Å². The molecule has 0 unspecified atom stereocenters. The minimum absolute atomic E-state index is 0.0474. The number of hydrogen-bond donors (Lipinski definition) is 1. The van der Waals surface area contributed by atoms with Gasteiger partial charge in [-0.3, -0.25) is 10.1 Å². The maximum Gasteiger partial charge on any atom is 0.296 e. The zero-order valence-corrected chi connectivity index (χ0v) is 9.08. The van der Waals surface area contributed by atoms with E-state index in [4.69, 9.17) is 10.5 Å². The highest BCUT2D eigenvalue weighted by Gasteiger charge is 2.18. The molecule has 1 rings (SSSR count). The molecule has 0 aromatic heterocycles. The van der Waals surface area contributed by atoms with Crippen LogP contribution >= 0.6 is 15.9 Å². The summed E-state index contributed by atoms with van der Waals surface area (Å²) in [4.78, 5) is 10.0. The lowest BCUT2D eigenvalue weighted by Gasteiger charge is -2.08. The lowest BCUT2D eigenvalue weighted by atomic mass is 10.2. The second-order valence-corrected chi connectivity index (χ2v) is 3.35. The SMILES string of the molecule is CCOc1c(Br)ccc([N+](=O)[O-])c1N. The van der Waals surface area contributed by atoms with E-state index >= 15 is 0 Å². The van der Waals surface area contributed by atoms with E-state index in [1.165, 1.54) is 6.07 Å². The van der Waals surface area contributed by atoms with Crippen molar-refractivity contribution in [3.63, 3.8) is 0 Å². The van der Waals surface area contributed by atoms with Crippen LogP contribution in [0.2, 0.25) is 0 Å². The Hall–Kier alpha value is -1.30. The van der Waals surface area contributed by atoms with E-state index in [2.05, 4.69) is 15.9 Å². The van der Waals surface area contributed by atoms with Crippen molar-refractivity contribution in [2.24, 2.45) is 0 Å². The Morgan fingerprint density at radius 1 is 1.64 bits per heavy atom. The summed E-state index contributed by atoms with van der Waals surface area (Å²) in [5.41, 5.74) is 5.48. The first kappa shape index (κ1) is 10.8. The number of ether oxygens (including phenoxy) is 1. The number of halogens is 1. The molecule has 2 N–H and O–H groups in total. The number of benzene rings is 1. The Bertz CT molecular complexity index is 368. The average molecular weight is 261 g/mol. The van der Waals surface area contributed by atoms with Crippen LogP contribution in [-0.4, -0.2) is 11.5 Å². The van der Waals surface area contributed by atoms with Gasteiger partial charge in [0, 0.05) is 6.07 Å². The highest BCUT2D eigenvalue weighted by molar-refractivity contribution is 9.10.